The molecule has 3 nitrogen and oxygen atoms in total. The smallest absolute Gasteiger partial charge is 0.163 e. The molecule has 3 heteroatoms. The van der Waals surface area contributed by atoms with Crippen molar-refractivity contribution in [1.29, 1.82) is 0 Å². The Bertz CT molecular complexity index is 168. The van der Waals surface area contributed by atoms with Crippen LogP contribution in [0.15, 0.2) is 0 Å². The summed E-state index contributed by atoms with van der Waals surface area (Å²) < 4.78 is 11.2. The van der Waals surface area contributed by atoms with Crippen molar-refractivity contribution in [2.75, 3.05) is 13.2 Å². The second-order valence-electron chi connectivity index (χ2n) is 4.64. The van der Waals surface area contributed by atoms with Crippen molar-refractivity contribution in [3.05, 3.63) is 0 Å². The van der Waals surface area contributed by atoms with Gasteiger partial charge in [-0.15, -0.1) is 0 Å². The molecule has 1 aliphatic heterocycles. The van der Waals surface area contributed by atoms with Crippen LogP contribution in [-0.2, 0) is 9.47 Å². The van der Waals surface area contributed by atoms with Crippen LogP contribution in [0, 0.1) is 5.92 Å². The van der Waals surface area contributed by atoms with E-state index in [4.69, 9.17) is 14.6 Å². The molecule has 1 saturated heterocycles. The van der Waals surface area contributed by atoms with E-state index < -0.39 is 5.79 Å². The molecule has 1 N–H and O–H groups in total. The SMILES string of the molecule is CC(CO)CC[C@H]1CCOC(C)(C)O1. The van der Waals surface area contributed by atoms with E-state index in [0.717, 1.165) is 25.9 Å². The summed E-state index contributed by atoms with van der Waals surface area (Å²) in [5.74, 6) is -0.0460. The van der Waals surface area contributed by atoms with E-state index in [1.165, 1.54) is 0 Å². The van der Waals surface area contributed by atoms with Crippen LogP contribution in [0.2, 0.25) is 0 Å². The van der Waals surface area contributed by atoms with Gasteiger partial charge in [-0.05, 0) is 39.0 Å². The molecule has 1 fully saturated rings. The average Bonchev–Trinajstić information content (AvgIpc) is 2.12. The van der Waals surface area contributed by atoms with Gasteiger partial charge in [0.05, 0.1) is 12.7 Å². The highest BCUT2D eigenvalue weighted by Gasteiger charge is 2.29. The molecule has 0 radical (unpaired) electrons. The molecule has 1 heterocycles. The molecular weight excluding hydrogens is 180 g/mol. The lowest BCUT2D eigenvalue weighted by atomic mass is 10.0. The minimum absolute atomic E-state index is 0.270. The predicted molar refractivity (Wildman–Crippen MR) is 55.0 cm³/mol. The van der Waals surface area contributed by atoms with E-state index in [9.17, 15) is 0 Å². The predicted octanol–water partition coefficient (Wildman–Crippen LogP) is 1.94. The summed E-state index contributed by atoms with van der Waals surface area (Å²) in [6.45, 7) is 7.02. The number of hydrogen-bond acceptors (Lipinski definition) is 3. The normalized spacial score (nSPS) is 28.7. The highest BCUT2D eigenvalue weighted by molar-refractivity contribution is 4.69. The van der Waals surface area contributed by atoms with Gasteiger partial charge in [0, 0.05) is 6.61 Å². The number of rotatable bonds is 4. The van der Waals surface area contributed by atoms with Gasteiger partial charge in [0.25, 0.3) is 0 Å². The van der Waals surface area contributed by atoms with Gasteiger partial charge < -0.3 is 14.6 Å². The Balaban J connectivity index is 2.24. The largest absolute Gasteiger partial charge is 0.396 e. The summed E-state index contributed by atoms with van der Waals surface area (Å²) in [5.41, 5.74) is 0. The summed E-state index contributed by atoms with van der Waals surface area (Å²) >= 11 is 0. The Morgan fingerprint density at radius 1 is 1.50 bits per heavy atom. The molecule has 14 heavy (non-hydrogen) atoms. The zero-order valence-electron chi connectivity index (χ0n) is 9.45. The minimum atomic E-state index is -0.425. The first kappa shape index (κ1) is 12.0. The Morgan fingerprint density at radius 2 is 2.21 bits per heavy atom. The standard InChI is InChI=1S/C11H22O3/c1-9(8-12)4-5-10-6-7-13-11(2,3)14-10/h9-10,12H,4-8H2,1-3H3/t9?,10-/m0/s1. The molecule has 0 amide bonds. The van der Waals surface area contributed by atoms with Gasteiger partial charge in [-0.3, -0.25) is 0 Å². The molecular formula is C11H22O3. The third kappa shape index (κ3) is 3.95. The van der Waals surface area contributed by atoms with Gasteiger partial charge in [0.2, 0.25) is 0 Å². The first-order valence-electron chi connectivity index (χ1n) is 5.46. The molecule has 0 aromatic heterocycles. The summed E-state index contributed by atoms with van der Waals surface area (Å²) in [6, 6.07) is 0. The van der Waals surface area contributed by atoms with Gasteiger partial charge in [0.1, 0.15) is 0 Å². The molecule has 0 saturated carbocycles. The number of aliphatic hydroxyl groups excluding tert-OH is 1. The Hall–Kier alpha value is -0.120. The van der Waals surface area contributed by atoms with E-state index >= 15 is 0 Å². The summed E-state index contributed by atoms with van der Waals surface area (Å²) in [7, 11) is 0. The molecule has 0 spiro atoms. The lowest BCUT2D eigenvalue weighted by molar-refractivity contribution is -0.274. The zero-order valence-corrected chi connectivity index (χ0v) is 9.45. The lowest BCUT2D eigenvalue weighted by Crippen LogP contribution is -2.39. The van der Waals surface area contributed by atoms with Crippen molar-refractivity contribution >= 4 is 0 Å². The molecule has 0 aromatic rings. The van der Waals surface area contributed by atoms with E-state index in [1.54, 1.807) is 0 Å². The third-order valence-electron chi connectivity index (χ3n) is 2.63. The molecule has 0 aliphatic carbocycles. The topological polar surface area (TPSA) is 38.7 Å². The van der Waals surface area contributed by atoms with E-state index in [1.807, 2.05) is 13.8 Å². The fourth-order valence-corrected chi connectivity index (χ4v) is 1.70. The van der Waals surface area contributed by atoms with Gasteiger partial charge in [-0.1, -0.05) is 6.92 Å². The van der Waals surface area contributed by atoms with Crippen LogP contribution in [0.1, 0.15) is 40.0 Å². The molecule has 1 unspecified atom stereocenters. The highest BCUT2D eigenvalue weighted by Crippen LogP contribution is 2.25. The third-order valence-corrected chi connectivity index (χ3v) is 2.63. The van der Waals surface area contributed by atoms with Gasteiger partial charge >= 0.3 is 0 Å². The second kappa shape index (κ2) is 5.10. The number of aliphatic hydroxyl groups is 1. The first-order valence-corrected chi connectivity index (χ1v) is 5.46. The maximum atomic E-state index is 8.90. The summed E-state index contributed by atoms with van der Waals surface area (Å²) in [5, 5.41) is 8.90. The highest BCUT2D eigenvalue weighted by atomic mass is 16.7. The van der Waals surface area contributed by atoms with Crippen LogP contribution < -0.4 is 0 Å². The van der Waals surface area contributed by atoms with E-state index in [-0.39, 0.29) is 6.61 Å². The molecule has 1 rings (SSSR count). The fraction of sp³-hybridized carbons (Fsp3) is 1.00. The van der Waals surface area contributed by atoms with Gasteiger partial charge in [-0.2, -0.15) is 0 Å². The van der Waals surface area contributed by atoms with Crippen molar-refractivity contribution in [3.8, 4) is 0 Å². The van der Waals surface area contributed by atoms with Crippen molar-refractivity contribution in [2.24, 2.45) is 5.92 Å². The van der Waals surface area contributed by atoms with Crippen LogP contribution >= 0.6 is 0 Å². The molecule has 0 aromatic carbocycles. The van der Waals surface area contributed by atoms with Crippen LogP contribution in [-0.4, -0.2) is 30.2 Å². The maximum absolute atomic E-state index is 8.90. The minimum Gasteiger partial charge on any atom is -0.396 e. The molecule has 2 atom stereocenters. The van der Waals surface area contributed by atoms with Crippen molar-refractivity contribution in [3.63, 3.8) is 0 Å². The van der Waals surface area contributed by atoms with E-state index in [0.29, 0.717) is 12.0 Å². The Morgan fingerprint density at radius 3 is 2.79 bits per heavy atom. The monoisotopic (exact) mass is 202 g/mol. The summed E-state index contributed by atoms with van der Waals surface area (Å²) in [6.07, 6.45) is 3.32. The first-order chi connectivity index (χ1) is 6.53. The summed E-state index contributed by atoms with van der Waals surface area (Å²) in [4.78, 5) is 0. The van der Waals surface area contributed by atoms with E-state index in [2.05, 4.69) is 6.92 Å². The number of hydrogen-bond donors (Lipinski definition) is 1. The molecule has 0 bridgehead atoms. The van der Waals surface area contributed by atoms with Crippen LogP contribution in [0.4, 0.5) is 0 Å². The fourth-order valence-electron chi connectivity index (χ4n) is 1.70. The Labute approximate surface area is 86.4 Å². The van der Waals surface area contributed by atoms with Crippen LogP contribution in [0.3, 0.4) is 0 Å². The van der Waals surface area contributed by atoms with Crippen molar-refractivity contribution in [1.82, 2.24) is 0 Å². The van der Waals surface area contributed by atoms with Gasteiger partial charge in [-0.25, -0.2) is 0 Å². The Kier molecular flexibility index (Phi) is 4.35. The van der Waals surface area contributed by atoms with Gasteiger partial charge in [0.15, 0.2) is 5.79 Å². The van der Waals surface area contributed by atoms with Crippen molar-refractivity contribution < 1.29 is 14.6 Å². The lowest BCUT2D eigenvalue weighted by Gasteiger charge is -2.36. The van der Waals surface area contributed by atoms with Crippen LogP contribution in [0.5, 0.6) is 0 Å². The average molecular weight is 202 g/mol. The molecule has 1 aliphatic rings. The van der Waals surface area contributed by atoms with Crippen molar-refractivity contribution in [2.45, 2.75) is 51.9 Å². The number of ether oxygens (including phenoxy) is 2. The molecule has 84 valence electrons. The second-order valence-corrected chi connectivity index (χ2v) is 4.64. The van der Waals surface area contributed by atoms with Crippen LogP contribution in [0.25, 0.3) is 0 Å². The zero-order chi connectivity index (χ0) is 10.6. The quantitative estimate of drug-likeness (QED) is 0.757. The maximum Gasteiger partial charge on any atom is 0.163 e.